The largest absolute Gasteiger partial charge is 0.427 e. The van der Waals surface area contributed by atoms with E-state index in [1.165, 1.54) is 32.1 Å². The van der Waals surface area contributed by atoms with Crippen molar-refractivity contribution in [1.29, 1.82) is 0 Å². The quantitative estimate of drug-likeness (QED) is 0.251. The minimum atomic E-state index is -0.163. The van der Waals surface area contributed by atoms with Crippen LogP contribution in [0.25, 0.3) is 0 Å². The second kappa shape index (κ2) is 11.3. The number of allylic oxidation sites excluding steroid dienone is 2. The molecule has 0 aliphatic rings. The molecule has 0 heterocycles. The molecule has 0 spiro atoms. The average Bonchev–Trinajstić information content (AvgIpc) is 2.46. The van der Waals surface area contributed by atoms with Gasteiger partial charge >= 0.3 is 5.97 Å². The van der Waals surface area contributed by atoms with Crippen molar-refractivity contribution in [2.75, 3.05) is 0 Å². The highest BCUT2D eigenvalue weighted by Gasteiger charge is 2.02. The normalized spacial score (nSPS) is 10.8. The summed E-state index contributed by atoms with van der Waals surface area (Å²) in [6.45, 7) is 2.23. The molecule has 0 atom stereocenters. The molecule has 1 aromatic carbocycles. The van der Waals surface area contributed by atoms with Crippen molar-refractivity contribution in [2.24, 2.45) is 0 Å². The van der Waals surface area contributed by atoms with E-state index in [9.17, 15) is 4.79 Å². The zero-order chi connectivity index (χ0) is 14.5. The third-order valence-corrected chi connectivity index (χ3v) is 3.13. The molecule has 0 aromatic heterocycles. The van der Waals surface area contributed by atoms with Crippen LogP contribution in [0.1, 0.15) is 58.3 Å². The van der Waals surface area contributed by atoms with Crippen LogP contribution in [0.4, 0.5) is 0 Å². The molecule has 0 N–H and O–H groups in total. The van der Waals surface area contributed by atoms with Crippen LogP contribution in [-0.4, -0.2) is 5.97 Å². The first-order chi connectivity index (χ1) is 9.83. The number of rotatable bonds is 10. The maximum Gasteiger partial charge on any atom is 0.311 e. The smallest absolute Gasteiger partial charge is 0.311 e. The number of carbonyl (C=O) groups excluding carboxylic acids is 1. The third-order valence-electron chi connectivity index (χ3n) is 3.13. The van der Waals surface area contributed by atoms with E-state index in [4.69, 9.17) is 4.74 Å². The van der Waals surface area contributed by atoms with E-state index in [0.29, 0.717) is 12.2 Å². The van der Waals surface area contributed by atoms with Gasteiger partial charge in [0.05, 0.1) is 0 Å². The summed E-state index contributed by atoms with van der Waals surface area (Å²) in [5.41, 5.74) is 0. The Bertz CT molecular complexity index is 382. The SMILES string of the molecule is CCCCCCC/C=C/CCC(=O)Oc1ccccc1. The van der Waals surface area contributed by atoms with E-state index in [0.717, 1.165) is 12.8 Å². The van der Waals surface area contributed by atoms with Crippen molar-refractivity contribution in [3.8, 4) is 5.75 Å². The molecule has 0 saturated heterocycles. The lowest BCUT2D eigenvalue weighted by atomic mass is 10.1. The van der Waals surface area contributed by atoms with E-state index < -0.39 is 0 Å². The van der Waals surface area contributed by atoms with Crippen LogP contribution < -0.4 is 4.74 Å². The Hall–Kier alpha value is -1.57. The fourth-order valence-corrected chi connectivity index (χ4v) is 1.97. The summed E-state index contributed by atoms with van der Waals surface area (Å²) >= 11 is 0. The zero-order valence-electron chi connectivity index (χ0n) is 12.5. The van der Waals surface area contributed by atoms with Crippen molar-refractivity contribution in [2.45, 2.75) is 58.3 Å². The molecule has 2 heteroatoms. The highest BCUT2D eigenvalue weighted by molar-refractivity contribution is 5.72. The summed E-state index contributed by atoms with van der Waals surface area (Å²) in [5.74, 6) is 0.459. The molecule has 0 unspecified atom stereocenters. The molecule has 1 rings (SSSR count). The van der Waals surface area contributed by atoms with E-state index in [1.807, 2.05) is 18.2 Å². The standard InChI is InChI=1S/C18H26O2/c1-2-3-4-5-6-7-8-9-13-16-18(19)20-17-14-11-10-12-15-17/h8-12,14-15H,2-7,13,16H2,1H3/b9-8+. The summed E-state index contributed by atoms with van der Waals surface area (Å²) < 4.78 is 5.21. The Kier molecular flexibility index (Phi) is 9.29. The predicted octanol–water partition coefficient (Wildman–Crippen LogP) is 5.29. The van der Waals surface area contributed by atoms with E-state index in [1.54, 1.807) is 12.1 Å². The minimum absolute atomic E-state index is 0.163. The highest BCUT2D eigenvalue weighted by atomic mass is 16.5. The van der Waals surface area contributed by atoms with Gasteiger partial charge in [-0.2, -0.15) is 0 Å². The fraction of sp³-hybridized carbons (Fsp3) is 0.500. The second-order valence-electron chi connectivity index (χ2n) is 5.00. The first kappa shape index (κ1) is 16.5. The van der Waals surface area contributed by atoms with Crippen molar-refractivity contribution in [3.63, 3.8) is 0 Å². The maximum absolute atomic E-state index is 11.6. The molecule has 0 aliphatic carbocycles. The summed E-state index contributed by atoms with van der Waals surface area (Å²) in [5, 5.41) is 0. The van der Waals surface area contributed by atoms with E-state index in [-0.39, 0.29) is 5.97 Å². The predicted molar refractivity (Wildman–Crippen MR) is 83.8 cm³/mol. The summed E-state index contributed by atoms with van der Waals surface area (Å²) in [6, 6.07) is 9.22. The Balaban J connectivity index is 2.01. The highest BCUT2D eigenvalue weighted by Crippen LogP contribution is 2.10. The van der Waals surface area contributed by atoms with Gasteiger partial charge in [-0.1, -0.05) is 63.0 Å². The molecule has 20 heavy (non-hydrogen) atoms. The van der Waals surface area contributed by atoms with Crippen molar-refractivity contribution in [1.82, 2.24) is 0 Å². The summed E-state index contributed by atoms with van der Waals surface area (Å²) in [7, 11) is 0. The molecule has 0 amide bonds. The van der Waals surface area contributed by atoms with Gasteiger partial charge in [-0.15, -0.1) is 0 Å². The lowest BCUT2D eigenvalue weighted by Gasteiger charge is -2.02. The molecule has 1 aromatic rings. The van der Waals surface area contributed by atoms with Gasteiger partial charge in [0.2, 0.25) is 0 Å². The van der Waals surface area contributed by atoms with Crippen LogP contribution in [0, 0.1) is 0 Å². The molecule has 110 valence electrons. The Labute approximate surface area is 122 Å². The molecule has 0 bridgehead atoms. The second-order valence-corrected chi connectivity index (χ2v) is 5.00. The van der Waals surface area contributed by atoms with Gasteiger partial charge in [0.15, 0.2) is 0 Å². The molecule has 0 radical (unpaired) electrons. The summed E-state index contributed by atoms with van der Waals surface area (Å²) in [4.78, 5) is 11.6. The van der Waals surface area contributed by atoms with E-state index >= 15 is 0 Å². The lowest BCUT2D eigenvalue weighted by Crippen LogP contribution is -2.06. The number of ether oxygens (including phenoxy) is 1. The monoisotopic (exact) mass is 274 g/mol. The molecular formula is C18H26O2. The van der Waals surface area contributed by atoms with Crippen LogP contribution in [0.15, 0.2) is 42.5 Å². The molecule has 0 fully saturated rings. The average molecular weight is 274 g/mol. The van der Waals surface area contributed by atoms with Crippen LogP contribution in [0.2, 0.25) is 0 Å². The van der Waals surface area contributed by atoms with Crippen molar-refractivity contribution < 1.29 is 9.53 Å². The van der Waals surface area contributed by atoms with Gasteiger partial charge in [-0.3, -0.25) is 4.79 Å². The topological polar surface area (TPSA) is 26.3 Å². The first-order valence-electron chi connectivity index (χ1n) is 7.73. The zero-order valence-corrected chi connectivity index (χ0v) is 12.5. The molecular weight excluding hydrogens is 248 g/mol. The van der Waals surface area contributed by atoms with Crippen LogP contribution in [0.3, 0.4) is 0 Å². The molecule has 2 nitrogen and oxygen atoms in total. The Morgan fingerprint density at radius 1 is 1.00 bits per heavy atom. The number of esters is 1. The number of hydrogen-bond donors (Lipinski definition) is 0. The number of carbonyl (C=O) groups is 1. The number of para-hydroxylation sites is 1. The number of unbranched alkanes of at least 4 members (excludes halogenated alkanes) is 5. The van der Waals surface area contributed by atoms with Crippen molar-refractivity contribution in [3.05, 3.63) is 42.5 Å². The number of hydrogen-bond acceptors (Lipinski definition) is 2. The Morgan fingerprint density at radius 2 is 1.70 bits per heavy atom. The van der Waals surface area contributed by atoms with Crippen LogP contribution >= 0.6 is 0 Å². The van der Waals surface area contributed by atoms with Gasteiger partial charge < -0.3 is 4.74 Å². The van der Waals surface area contributed by atoms with E-state index in [2.05, 4.69) is 19.1 Å². The van der Waals surface area contributed by atoms with Gasteiger partial charge in [0.25, 0.3) is 0 Å². The fourth-order valence-electron chi connectivity index (χ4n) is 1.97. The third kappa shape index (κ3) is 8.52. The van der Waals surface area contributed by atoms with Gasteiger partial charge in [-0.05, 0) is 31.4 Å². The number of benzene rings is 1. The minimum Gasteiger partial charge on any atom is -0.427 e. The molecule has 0 saturated carbocycles. The van der Waals surface area contributed by atoms with Crippen molar-refractivity contribution >= 4 is 5.97 Å². The lowest BCUT2D eigenvalue weighted by molar-refractivity contribution is -0.134. The maximum atomic E-state index is 11.6. The Morgan fingerprint density at radius 3 is 2.45 bits per heavy atom. The molecule has 0 aliphatic heterocycles. The van der Waals surface area contributed by atoms with Crippen LogP contribution in [0.5, 0.6) is 5.75 Å². The van der Waals surface area contributed by atoms with Crippen LogP contribution in [-0.2, 0) is 4.79 Å². The van der Waals surface area contributed by atoms with Gasteiger partial charge in [0.1, 0.15) is 5.75 Å². The first-order valence-corrected chi connectivity index (χ1v) is 7.73. The van der Waals surface area contributed by atoms with Gasteiger partial charge in [0, 0.05) is 6.42 Å². The summed E-state index contributed by atoms with van der Waals surface area (Å²) in [6.07, 6.45) is 13.1. The van der Waals surface area contributed by atoms with Gasteiger partial charge in [-0.25, -0.2) is 0 Å².